The molecule has 4 heteroatoms. The van der Waals surface area contributed by atoms with Gasteiger partial charge in [-0.2, -0.15) is 0 Å². The highest BCUT2D eigenvalue weighted by Crippen LogP contribution is 2.38. The summed E-state index contributed by atoms with van der Waals surface area (Å²) < 4.78 is 6.76. The van der Waals surface area contributed by atoms with Crippen molar-refractivity contribution < 1.29 is 9.22 Å². The molecule has 1 aliphatic rings. The summed E-state index contributed by atoms with van der Waals surface area (Å²) in [4.78, 5) is 13.1. The number of hydrogen-bond donors (Lipinski definition) is 1. The molecule has 0 fully saturated rings. The molecular formula is C25H47NO2Si. The van der Waals surface area contributed by atoms with Crippen LogP contribution in [0.1, 0.15) is 80.1 Å². The van der Waals surface area contributed by atoms with Crippen LogP contribution in [0.3, 0.4) is 0 Å². The molecule has 0 saturated carbocycles. The summed E-state index contributed by atoms with van der Waals surface area (Å²) in [5.74, 6) is 1.11. The van der Waals surface area contributed by atoms with Crippen LogP contribution in [0.2, 0.25) is 18.1 Å². The Labute approximate surface area is 181 Å². The molecule has 3 nitrogen and oxygen atoms in total. The van der Waals surface area contributed by atoms with Crippen LogP contribution >= 0.6 is 0 Å². The molecular weight excluding hydrogens is 374 g/mol. The molecule has 0 aromatic rings. The van der Waals surface area contributed by atoms with Gasteiger partial charge in [-0.15, -0.1) is 0 Å². The van der Waals surface area contributed by atoms with E-state index in [0.717, 1.165) is 18.9 Å². The zero-order valence-electron chi connectivity index (χ0n) is 20.4. The van der Waals surface area contributed by atoms with E-state index in [4.69, 9.17) is 4.43 Å². The molecule has 1 rings (SSSR count). The Morgan fingerprint density at radius 2 is 1.83 bits per heavy atom. The van der Waals surface area contributed by atoms with E-state index in [1.165, 1.54) is 32.1 Å². The summed E-state index contributed by atoms with van der Waals surface area (Å²) in [6, 6.07) is 0. The Kier molecular flexibility index (Phi) is 10.9. The van der Waals surface area contributed by atoms with E-state index in [0.29, 0.717) is 5.92 Å². The predicted molar refractivity (Wildman–Crippen MR) is 129 cm³/mol. The average Bonchev–Trinajstić information content (AvgIpc) is 2.63. The van der Waals surface area contributed by atoms with Crippen molar-refractivity contribution in [1.82, 2.24) is 5.32 Å². The van der Waals surface area contributed by atoms with Crippen molar-refractivity contribution in [2.24, 2.45) is 17.8 Å². The highest BCUT2D eigenvalue weighted by atomic mass is 28.4. The third-order valence-electron chi connectivity index (χ3n) is 6.86. The first-order valence-corrected chi connectivity index (χ1v) is 14.7. The topological polar surface area (TPSA) is 38.3 Å². The van der Waals surface area contributed by atoms with Crippen molar-refractivity contribution in [3.63, 3.8) is 0 Å². The largest absolute Gasteiger partial charge is 0.409 e. The molecule has 1 amide bonds. The Morgan fingerprint density at radius 3 is 2.41 bits per heavy atom. The van der Waals surface area contributed by atoms with Gasteiger partial charge in [-0.25, -0.2) is 0 Å². The lowest BCUT2D eigenvalue weighted by Crippen LogP contribution is -2.47. The van der Waals surface area contributed by atoms with Gasteiger partial charge in [0.15, 0.2) is 8.32 Å². The van der Waals surface area contributed by atoms with Crippen LogP contribution in [-0.4, -0.2) is 26.9 Å². The minimum Gasteiger partial charge on any atom is -0.409 e. The van der Waals surface area contributed by atoms with Crippen LogP contribution in [-0.2, 0) is 9.22 Å². The van der Waals surface area contributed by atoms with E-state index < -0.39 is 8.32 Å². The van der Waals surface area contributed by atoms with E-state index in [2.05, 4.69) is 65.2 Å². The first kappa shape index (κ1) is 26.2. The lowest BCUT2D eigenvalue weighted by atomic mass is 9.91. The van der Waals surface area contributed by atoms with Crippen molar-refractivity contribution in [3.05, 3.63) is 24.3 Å². The Hall–Kier alpha value is -0.873. The van der Waals surface area contributed by atoms with Gasteiger partial charge in [0, 0.05) is 6.54 Å². The van der Waals surface area contributed by atoms with Gasteiger partial charge in [-0.3, -0.25) is 4.79 Å². The minimum atomic E-state index is -2.00. The van der Waals surface area contributed by atoms with Crippen molar-refractivity contribution in [3.8, 4) is 0 Å². The highest BCUT2D eigenvalue weighted by Gasteiger charge is 2.41. The summed E-state index contributed by atoms with van der Waals surface area (Å²) in [5.41, 5.74) is 0. The van der Waals surface area contributed by atoms with E-state index >= 15 is 0 Å². The fourth-order valence-electron chi connectivity index (χ4n) is 3.70. The molecule has 0 aliphatic carbocycles. The molecule has 1 heterocycles. The highest BCUT2D eigenvalue weighted by molar-refractivity contribution is 6.74. The molecule has 0 spiro atoms. The third-order valence-corrected chi connectivity index (χ3v) is 11.3. The fraction of sp³-hybridized carbons (Fsp3) is 0.800. The van der Waals surface area contributed by atoms with E-state index in [9.17, 15) is 4.79 Å². The number of nitrogens with one attached hydrogen (secondary N) is 1. The van der Waals surface area contributed by atoms with Crippen molar-refractivity contribution >= 4 is 14.2 Å². The van der Waals surface area contributed by atoms with Gasteiger partial charge in [-0.1, -0.05) is 78.2 Å². The maximum Gasteiger partial charge on any atom is 0.229 e. The van der Waals surface area contributed by atoms with Gasteiger partial charge < -0.3 is 9.74 Å². The van der Waals surface area contributed by atoms with Crippen LogP contribution in [0.15, 0.2) is 24.3 Å². The second-order valence-electron chi connectivity index (χ2n) is 10.4. The van der Waals surface area contributed by atoms with E-state index in [1.807, 2.05) is 19.1 Å². The van der Waals surface area contributed by atoms with Crippen molar-refractivity contribution in [2.75, 3.05) is 6.54 Å². The van der Waals surface area contributed by atoms with Gasteiger partial charge in [0.2, 0.25) is 5.91 Å². The van der Waals surface area contributed by atoms with Gasteiger partial charge in [0.05, 0.1) is 12.0 Å². The third kappa shape index (κ3) is 8.80. The SMILES string of the molecule is C/C=C/[C@H]1C(=O)NCCC[C@@H](CC)CCC[C@@H](C)/C=C/[C@@H]1O[Si](C)(C)C(C)(C)C. The molecule has 4 atom stereocenters. The van der Waals surface area contributed by atoms with Gasteiger partial charge in [-0.05, 0) is 56.2 Å². The Balaban J connectivity index is 3.14. The Bertz CT molecular complexity index is 548. The summed E-state index contributed by atoms with van der Waals surface area (Å²) in [7, 11) is -2.00. The molecule has 29 heavy (non-hydrogen) atoms. The summed E-state index contributed by atoms with van der Waals surface area (Å²) in [6.07, 6.45) is 15.6. The number of carbonyl (C=O) groups excluding carboxylic acids is 1. The summed E-state index contributed by atoms with van der Waals surface area (Å²) in [6.45, 7) is 18.6. The summed E-state index contributed by atoms with van der Waals surface area (Å²) >= 11 is 0. The lowest BCUT2D eigenvalue weighted by molar-refractivity contribution is -0.125. The molecule has 0 unspecified atom stereocenters. The number of carbonyl (C=O) groups is 1. The minimum absolute atomic E-state index is 0.0919. The quantitative estimate of drug-likeness (QED) is 0.397. The molecule has 0 saturated heterocycles. The van der Waals surface area contributed by atoms with Crippen LogP contribution in [0, 0.1) is 17.8 Å². The lowest BCUT2D eigenvalue weighted by Gasteiger charge is -2.40. The van der Waals surface area contributed by atoms with Crippen LogP contribution in [0.4, 0.5) is 0 Å². The average molecular weight is 422 g/mol. The monoisotopic (exact) mass is 421 g/mol. The number of amides is 1. The Morgan fingerprint density at radius 1 is 1.17 bits per heavy atom. The van der Waals surface area contributed by atoms with Crippen LogP contribution in [0.25, 0.3) is 0 Å². The van der Waals surface area contributed by atoms with Gasteiger partial charge >= 0.3 is 0 Å². The number of allylic oxidation sites excluding steroid dienone is 2. The molecule has 0 aromatic carbocycles. The second-order valence-corrected chi connectivity index (χ2v) is 15.2. The summed E-state index contributed by atoms with van der Waals surface area (Å²) in [5, 5.41) is 3.30. The van der Waals surface area contributed by atoms with Crippen LogP contribution < -0.4 is 5.32 Å². The zero-order valence-corrected chi connectivity index (χ0v) is 21.4. The predicted octanol–water partition coefficient (Wildman–Crippen LogP) is 6.87. The van der Waals surface area contributed by atoms with Gasteiger partial charge in [0.1, 0.15) is 0 Å². The molecule has 0 aromatic heterocycles. The number of rotatable bonds is 4. The van der Waals surface area contributed by atoms with Crippen molar-refractivity contribution in [1.29, 1.82) is 0 Å². The smallest absolute Gasteiger partial charge is 0.229 e. The number of hydrogen-bond acceptors (Lipinski definition) is 2. The standard InChI is InChI=1S/C25H47NO2Si/c1-9-13-22-23(28-29(7,8)25(4,5)6)18-17-20(3)14-11-15-21(10-2)16-12-19-26-24(22)27/h9,13,17-18,20-23H,10-12,14-16,19H2,1-8H3,(H,26,27)/b13-9+,18-17+/t20-,21+,22-,23+/m1/s1. The van der Waals surface area contributed by atoms with E-state index in [-0.39, 0.29) is 23.0 Å². The molecule has 0 bridgehead atoms. The first-order valence-electron chi connectivity index (χ1n) is 11.8. The zero-order chi connectivity index (χ0) is 22.1. The molecule has 0 radical (unpaired) electrons. The van der Waals surface area contributed by atoms with Crippen LogP contribution in [0.5, 0.6) is 0 Å². The molecule has 1 aliphatic heterocycles. The normalized spacial score (nSPS) is 30.0. The maximum atomic E-state index is 13.1. The van der Waals surface area contributed by atoms with Gasteiger partial charge in [0.25, 0.3) is 0 Å². The molecule has 168 valence electrons. The fourth-order valence-corrected chi connectivity index (χ4v) is 4.96. The second kappa shape index (κ2) is 12.1. The van der Waals surface area contributed by atoms with Crippen molar-refractivity contribution in [2.45, 2.75) is 104 Å². The maximum absolute atomic E-state index is 13.1. The molecule has 1 N–H and O–H groups in total. The van der Waals surface area contributed by atoms with E-state index in [1.54, 1.807) is 0 Å². The first-order chi connectivity index (χ1) is 13.5.